The lowest BCUT2D eigenvalue weighted by Gasteiger charge is -2.32. The van der Waals surface area contributed by atoms with Crippen molar-refractivity contribution >= 4 is 11.9 Å². The quantitative estimate of drug-likeness (QED) is 0.619. The van der Waals surface area contributed by atoms with Crippen molar-refractivity contribution in [3.63, 3.8) is 0 Å². The van der Waals surface area contributed by atoms with E-state index < -0.39 is 17.6 Å². The molecule has 116 valence electrons. The van der Waals surface area contributed by atoms with E-state index in [9.17, 15) is 9.59 Å². The Morgan fingerprint density at radius 1 is 1.15 bits per heavy atom. The van der Waals surface area contributed by atoms with Crippen LogP contribution in [-0.4, -0.2) is 37.2 Å². The maximum Gasteiger partial charge on any atom is 0.330 e. The van der Waals surface area contributed by atoms with Crippen molar-refractivity contribution < 1.29 is 19.1 Å². The van der Waals surface area contributed by atoms with Crippen LogP contribution < -0.4 is 5.32 Å². The summed E-state index contributed by atoms with van der Waals surface area (Å²) in [6.07, 6.45) is 2.94. The van der Waals surface area contributed by atoms with Crippen LogP contribution in [0.3, 0.4) is 0 Å². The molecule has 0 aromatic carbocycles. The van der Waals surface area contributed by atoms with E-state index in [0.29, 0.717) is 6.54 Å². The zero-order valence-electron chi connectivity index (χ0n) is 13.6. The highest BCUT2D eigenvalue weighted by molar-refractivity contribution is 5.81. The van der Waals surface area contributed by atoms with Gasteiger partial charge in [0.15, 0.2) is 0 Å². The fourth-order valence-electron chi connectivity index (χ4n) is 1.51. The second kappa shape index (κ2) is 7.43. The minimum Gasteiger partial charge on any atom is -0.466 e. The van der Waals surface area contributed by atoms with E-state index in [4.69, 9.17) is 4.74 Å². The molecule has 5 heteroatoms. The van der Waals surface area contributed by atoms with Crippen LogP contribution in [0.2, 0.25) is 0 Å². The van der Waals surface area contributed by atoms with Gasteiger partial charge in [0.05, 0.1) is 7.11 Å². The average molecular weight is 285 g/mol. The van der Waals surface area contributed by atoms with Gasteiger partial charge in [-0.1, -0.05) is 26.8 Å². The maximum atomic E-state index is 12.2. The van der Waals surface area contributed by atoms with Gasteiger partial charge in [0, 0.05) is 12.6 Å². The fourth-order valence-corrected chi connectivity index (χ4v) is 1.51. The van der Waals surface area contributed by atoms with Gasteiger partial charge < -0.3 is 14.8 Å². The first-order chi connectivity index (χ1) is 8.97. The van der Waals surface area contributed by atoms with E-state index in [1.165, 1.54) is 13.2 Å². The van der Waals surface area contributed by atoms with Crippen LogP contribution in [0.1, 0.15) is 41.5 Å². The van der Waals surface area contributed by atoms with Gasteiger partial charge in [-0.25, -0.2) is 4.79 Å². The molecule has 0 fully saturated rings. The highest BCUT2D eigenvalue weighted by atomic mass is 16.6. The Balaban J connectivity index is 4.64. The van der Waals surface area contributed by atoms with E-state index in [-0.39, 0.29) is 11.4 Å². The van der Waals surface area contributed by atoms with Crippen molar-refractivity contribution in [1.29, 1.82) is 0 Å². The summed E-state index contributed by atoms with van der Waals surface area (Å²) in [5.41, 5.74) is -0.814. The van der Waals surface area contributed by atoms with Crippen molar-refractivity contribution in [3.8, 4) is 0 Å². The summed E-state index contributed by atoms with van der Waals surface area (Å²) in [5, 5.41) is 3.09. The number of ether oxygens (including phenoxy) is 2. The molecule has 0 rings (SSSR count). The van der Waals surface area contributed by atoms with Crippen LogP contribution in [0.5, 0.6) is 0 Å². The normalized spacial score (nSPS) is 14.2. The highest BCUT2D eigenvalue weighted by Gasteiger charge is 2.34. The summed E-state index contributed by atoms with van der Waals surface area (Å²) >= 11 is 0. The number of methoxy groups -OCH3 is 1. The smallest absolute Gasteiger partial charge is 0.330 e. The van der Waals surface area contributed by atoms with Crippen LogP contribution in [0.25, 0.3) is 0 Å². The topological polar surface area (TPSA) is 64.6 Å². The number of rotatable bonds is 5. The molecular weight excluding hydrogens is 258 g/mol. The van der Waals surface area contributed by atoms with Gasteiger partial charge >= 0.3 is 11.9 Å². The number of carbonyl (C=O) groups is 2. The number of nitrogens with one attached hydrogen (secondary N) is 1. The molecule has 0 bridgehead atoms. The standard InChI is InChI=1S/C15H27NO4/c1-14(2,3)12(13(18)20-15(4,5)6)16-10-8-9-11(17)19-7/h8-9,12,16H,10H2,1-7H3/t12-/m0/s1. The number of esters is 2. The van der Waals surface area contributed by atoms with Gasteiger partial charge in [-0.15, -0.1) is 0 Å². The van der Waals surface area contributed by atoms with Crippen LogP contribution in [0.15, 0.2) is 12.2 Å². The van der Waals surface area contributed by atoms with Gasteiger partial charge in [-0.3, -0.25) is 4.79 Å². The third-order valence-corrected chi connectivity index (χ3v) is 2.40. The van der Waals surface area contributed by atoms with E-state index in [1.807, 2.05) is 41.5 Å². The zero-order chi connectivity index (χ0) is 16.0. The molecule has 0 amide bonds. The monoisotopic (exact) mass is 285 g/mol. The molecule has 0 saturated carbocycles. The molecule has 1 atom stereocenters. The number of hydrogen-bond donors (Lipinski definition) is 1. The van der Waals surface area contributed by atoms with Crippen molar-refractivity contribution in [3.05, 3.63) is 12.2 Å². The molecule has 0 unspecified atom stereocenters. The van der Waals surface area contributed by atoms with Gasteiger partial charge in [0.25, 0.3) is 0 Å². The van der Waals surface area contributed by atoms with E-state index >= 15 is 0 Å². The van der Waals surface area contributed by atoms with Crippen molar-refractivity contribution in [2.45, 2.75) is 53.2 Å². The van der Waals surface area contributed by atoms with Crippen molar-refractivity contribution in [2.24, 2.45) is 5.41 Å². The second-order valence-electron chi connectivity index (χ2n) is 6.67. The lowest BCUT2D eigenvalue weighted by atomic mass is 9.86. The zero-order valence-corrected chi connectivity index (χ0v) is 13.6. The first kappa shape index (κ1) is 18.6. The minimum absolute atomic E-state index is 0.290. The lowest BCUT2D eigenvalue weighted by Crippen LogP contribution is -2.49. The maximum absolute atomic E-state index is 12.2. The number of carbonyl (C=O) groups excluding carboxylic acids is 2. The summed E-state index contributed by atoms with van der Waals surface area (Å²) in [4.78, 5) is 23.1. The van der Waals surface area contributed by atoms with E-state index in [1.54, 1.807) is 6.08 Å². The predicted molar refractivity (Wildman–Crippen MR) is 78.2 cm³/mol. The van der Waals surface area contributed by atoms with Gasteiger partial charge in [0.1, 0.15) is 11.6 Å². The summed E-state index contributed by atoms with van der Waals surface area (Å²) in [6, 6.07) is -0.455. The van der Waals surface area contributed by atoms with Crippen molar-refractivity contribution in [2.75, 3.05) is 13.7 Å². The molecule has 20 heavy (non-hydrogen) atoms. The molecule has 0 heterocycles. The fraction of sp³-hybridized carbons (Fsp3) is 0.733. The molecule has 0 aliphatic heterocycles. The van der Waals surface area contributed by atoms with Gasteiger partial charge in [0.2, 0.25) is 0 Å². The van der Waals surface area contributed by atoms with E-state index in [0.717, 1.165) is 0 Å². The molecule has 0 aromatic heterocycles. The van der Waals surface area contributed by atoms with Gasteiger partial charge in [-0.05, 0) is 26.2 Å². The first-order valence-corrected chi connectivity index (χ1v) is 6.68. The third kappa shape index (κ3) is 7.94. The predicted octanol–water partition coefficient (Wildman–Crippen LogP) is 2.06. The molecule has 1 N–H and O–H groups in total. The summed E-state index contributed by atoms with van der Waals surface area (Å²) in [6.45, 7) is 11.8. The third-order valence-electron chi connectivity index (χ3n) is 2.40. The Hall–Kier alpha value is -1.36. The van der Waals surface area contributed by atoms with Crippen molar-refractivity contribution in [1.82, 2.24) is 5.32 Å². The lowest BCUT2D eigenvalue weighted by molar-refractivity contribution is -0.160. The highest BCUT2D eigenvalue weighted by Crippen LogP contribution is 2.22. The largest absolute Gasteiger partial charge is 0.466 e. The average Bonchev–Trinajstić information content (AvgIpc) is 2.23. The molecule has 0 aliphatic carbocycles. The molecule has 0 radical (unpaired) electrons. The Labute approximate surface area is 121 Å². The van der Waals surface area contributed by atoms with Crippen LogP contribution >= 0.6 is 0 Å². The second-order valence-corrected chi connectivity index (χ2v) is 6.67. The van der Waals surface area contributed by atoms with E-state index in [2.05, 4.69) is 10.1 Å². The van der Waals surface area contributed by atoms with Crippen LogP contribution in [0, 0.1) is 5.41 Å². The molecule has 5 nitrogen and oxygen atoms in total. The molecular formula is C15H27NO4. The Morgan fingerprint density at radius 3 is 2.10 bits per heavy atom. The Bertz CT molecular complexity index is 361. The number of hydrogen-bond acceptors (Lipinski definition) is 5. The molecule has 0 spiro atoms. The summed E-state index contributed by atoms with van der Waals surface area (Å²) < 4.78 is 9.90. The van der Waals surface area contributed by atoms with Gasteiger partial charge in [-0.2, -0.15) is 0 Å². The summed E-state index contributed by atoms with van der Waals surface area (Å²) in [5.74, 6) is -0.715. The first-order valence-electron chi connectivity index (χ1n) is 6.68. The summed E-state index contributed by atoms with van der Waals surface area (Å²) in [7, 11) is 1.32. The Morgan fingerprint density at radius 2 is 1.70 bits per heavy atom. The molecule has 0 saturated heterocycles. The van der Waals surface area contributed by atoms with Crippen LogP contribution in [0.4, 0.5) is 0 Å². The molecule has 0 aromatic rings. The Kier molecular flexibility index (Phi) is 6.92. The molecule has 0 aliphatic rings. The SMILES string of the molecule is COC(=O)C=CCN[C@@H](C(=O)OC(C)(C)C)C(C)(C)C. The van der Waals surface area contributed by atoms with Crippen LogP contribution in [-0.2, 0) is 19.1 Å². The minimum atomic E-state index is -0.524.